The van der Waals surface area contributed by atoms with Crippen LogP contribution >= 0.6 is 12.6 Å². The first kappa shape index (κ1) is 9.13. The first-order valence-corrected chi connectivity index (χ1v) is 5.42. The summed E-state index contributed by atoms with van der Waals surface area (Å²) in [6.45, 7) is 3.09. The highest BCUT2D eigenvalue weighted by atomic mass is 32.1. The normalized spacial score (nSPS) is 33.2. The van der Waals surface area contributed by atoms with Crippen molar-refractivity contribution < 1.29 is 4.79 Å². The molecule has 1 fully saturated rings. The van der Waals surface area contributed by atoms with Crippen LogP contribution in [-0.2, 0) is 4.79 Å². The van der Waals surface area contributed by atoms with Crippen LogP contribution in [0.4, 0.5) is 0 Å². The highest BCUT2D eigenvalue weighted by Crippen LogP contribution is 2.42. The number of nitrogens with zero attached hydrogens (tertiary/aromatic N) is 1. The number of fused-ring (bicyclic) bond motifs is 1. The second-order valence-electron chi connectivity index (χ2n) is 4.14. The maximum Gasteiger partial charge on any atom is 0.227 e. The Morgan fingerprint density at radius 3 is 3.15 bits per heavy atom. The Bertz CT molecular complexity index is 274. The van der Waals surface area contributed by atoms with Crippen molar-refractivity contribution in [2.75, 3.05) is 12.3 Å². The van der Waals surface area contributed by atoms with Crippen LogP contribution in [0, 0.1) is 5.41 Å². The summed E-state index contributed by atoms with van der Waals surface area (Å²) in [5, 5.41) is 0. The van der Waals surface area contributed by atoms with E-state index < -0.39 is 0 Å². The van der Waals surface area contributed by atoms with Crippen molar-refractivity contribution in [2.24, 2.45) is 5.41 Å². The average Bonchev–Trinajstić information content (AvgIpc) is 2.47. The van der Waals surface area contributed by atoms with Gasteiger partial charge < -0.3 is 4.90 Å². The minimum atomic E-state index is 0.138. The van der Waals surface area contributed by atoms with Gasteiger partial charge in [0.15, 0.2) is 0 Å². The number of allylic oxidation sites excluding steroid dienone is 2. The number of carbonyl (C=O) groups excluding carboxylic acids is 1. The van der Waals surface area contributed by atoms with E-state index in [1.165, 1.54) is 5.70 Å². The largest absolute Gasteiger partial charge is 0.316 e. The third-order valence-electron chi connectivity index (χ3n) is 3.14. The number of amides is 1. The van der Waals surface area contributed by atoms with Crippen molar-refractivity contribution in [3.05, 3.63) is 11.8 Å². The zero-order valence-electron chi connectivity index (χ0n) is 7.92. The Balaban J connectivity index is 2.32. The molecule has 0 aromatic carbocycles. The van der Waals surface area contributed by atoms with Crippen LogP contribution in [0.3, 0.4) is 0 Å². The highest BCUT2D eigenvalue weighted by molar-refractivity contribution is 7.80. The molecule has 0 N–H and O–H groups in total. The monoisotopic (exact) mass is 197 g/mol. The van der Waals surface area contributed by atoms with Crippen molar-refractivity contribution in [3.63, 3.8) is 0 Å². The van der Waals surface area contributed by atoms with Crippen molar-refractivity contribution in [1.29, 1.82) is 0 Å². The average molecular weight is 197 g/mol. The third-order valence-corrected chi connectivity index (χ3v) is 3.84. The first-order valence-electron chi connectivity index (χ1n) is 4.79. The van der Waals surface area contributed by atoms with Crippen LogP contribution in [0.5, 0.6) is 0 Å². The van der Waals surface area contributed by atoms with Gasteiger partial charge >= 0.3 is 0 Å². The minimum absolute atomic E-state index is 0.138. The summed E-state index contributed by atoms with van der Waals surface area (Å²) in [6.07, 6.45) is 4.87. The standard InChI is InChI=1S/C10H15NOS/c1-10(7-13)5-6-11-8(10)3-2-4-9(11)12/h3,13H,2,4-7H2,1H3. The predicted molar refractivity (Wildman–Crippen MR) is 55.6 cm³/mol. The fourth-order valence-corrected chi connectivity index (χ4v) is 2.50. The van der Waals surface area contributed by atoms with Gasteiger partial charge in [-0.25, -0.2) is 0 Å². The highest BCUT2D eigenvalue weighted by Gasteiger charge is 2.41. The molecule has 1 amide bonds. The van der Waals surface area contributed by atoms with Gasteiger partial charge in [-0.05, 0) is 12.8 Å². The number of thiol groups is 1. The Morgan fingerprint density at radius 2 is 2.46 bits per heavy atom. The van der Waals surface area contributed by atoms with Crippen molar-refractivity contribution in [2.45, 2.75) is 26.2 Å². The Labute approximate surface area is 84.4 Å². The molecule has 2 aliphatic heterocycles. The van der Waals surface area contributed by atoms with Gasteiger partial charge in [-0.15, -0.1) is 0 Å². The molecule has 13 heavy (non-hydrogen) atoms. The summed E-state index contributed by atoms with van der Waals surface area (Å²) in [5.74, 6) is 1.13. The number of carbonyl (C=O) groups is 1. The zero-order valence-corrected chi connectivity index (χ0v) is 8.81. The lowest BCUT2D eigenvalue weighted by molar-refractivity contribution is -0.129. The van der Waals surface area contributed by atoms with Crippen molar-refractivity contribution in [3.8, 4) is 0 Å². The van der Waals surface area contributed by atoms with Crippen LogP contribution in [0.25, 0.3) is 0 Å². The molecule has 0 aliphatic carbocycles. The van der Waals surface area contributed by atoms with E-state index in [-0.39, 0.29) is 5.41 Å². The molecule has 3 heteroatoms. The van der Waals surface area contributed by atoms with Crippen molar-refractivity contribution >= 4 is 18.5 Å². The molecule has 1 unspecified atom stereocenters. The zero-order chi connectivity index (χ0) is 9.47. The van der Waals surface area contributed by atoms with Gasteiger partial charge in [-0.3, -0.25) is 4.79 Å². The summed E-state index contributed by atoms with van der Waals surface area (Å²) >= 11 is 4.37. The smallest absolute Gasteiger partial charge is 0.227 e. The SMILES string of the molecule is CC1(CS)CCN2C(=O)CCC=C21. The molecule has 0 aromatic heterocycles. The minimum Gasteiger partial charge on any atom is -0.316 e. The molecular weight excluding hydrogens is 182 g/mol. The van der Waals surface area contributed by atoms with Gasteiger partial charge in [0.25, 0.3) is 0 Å². The molecule has 0 aromatic rings. The molecule has 0 radical (unpaired) electrons. The molecular formula is C10H15NOS. The van der Waals surface area contributed by atoms with E-state index in [2.05, 4.69) is 25.6 Å². The van der Waals surface area contributed by atoms with Crippen LogP contribution in [0.15, 0.2) is 11.8 Å². The summed E-state index contributed by atoms with van der Waals surface area (Å²) in [4.78, 5) is 13.5. The molecule has 2 rings (SSSR count). The third kappa shape index (κ3) is 1.30. The van der Waals surface area contributed by atoms with Gasteiger partial charge in [0.1, 0.15) is 0 Å². The fourth-order valence-electron chi connectivity index (χ4n) is 2.18. The molecule has 1 saturated heterocycles. The van der Waals surface area contributed by atoms with Gasteiger partial charge in [0.2, 0.25) is 5.91 Å². The van der Waals surface area contributed by atoms with Crippen LogP contribution in [-0.4, -0.2) is 23.1 Å². The lowest BCUT2D eigenvalue weighted by Crippen LogP contribution is -2.32. The predicted octanol–water partition coefficient (Wildman–Crippen LogP) is 1.83. The molecule has 1 atom stereocenters. The molecule has 2 heterocycles. The second-order valence-corrected chi connectivity index (χ2v) is 4.46. The van der Waals surface area contributed by atoms with Gasteiger partial charge in [0.05, 0.1) is 0 Å². The maximum atomic E-state index is 11.5. The molecule has 0 saturated carbocycles. The fraction of sp³-hybridized carbons (Fsp3) is 0.700. The van der Waals surface area contributed by atoms with E-state index in [0.717, 1.165) is 25.1 Å². The van der Waals surface area contributed by atoms with E-state index in [9.17, 15) is 4.79 Å². The Morgan fingerprint density at radius 1 is 1.69 bits per heavy atom. The lowest BCUT2D eigenvalue weighted by atomic mass is 9.87. The molecule has 0 bridgehead atoms. The number of hydrogen-bond acceptors (Lipinski definition) is 2. The lowest BCUT2D eigenvalue weighted by Gasteiger charge is -2.29. The van der Waals surface area contributed by atoms with E-state index in [1.807, 2.05) is 4.90 Å². The summed E-state index contributed by atoms with van der Waals surface area (Å²) < 4.78 is 0. The number of rotatable bonds is 1. The van der Waals surface area contributed by atoms with Crippen LogP contribution in [0.1, 0.15) is 26.2 Å². The van der Waals surface area contributed by atoms with Gasteiger partial charge in [0, 0.05) is 29.8 Å². The van der Waals surface area contributed by atoms with Gasteiger partial charge in [-0.2, -0.15) is 12.6 Å². The first-order chi connectivity index (χ1) is 6.17. The molecule has 72 valence electrons. The van der Waals surface area contributed by atoms with Crippen LogP contribution in [0.2, 0.25) is 0 Å². The number of hydrogen-bond donors (Lipinski definition) is 1. The summed E-state index contributed by atoms with van der Waals surface area (Å²) in [6, 6.07) is 0. The van der Waals surface area contributed by atoms with E-state index in [1.54, 1.807) is 0 Å². The maximum absolute atomic E-state index is 11.5. The van der Waals surface area contributed by atoms with Crippen molar-refractivity contribution in [1.82, 2.24) is 4.90 Å². The molecule has 0 spiro atoms. The van der Waals surface area contributed by atoms with E-state index in [0.29, 0.717) is 12.3 Å². The van der Waals surface area contributed by atoms with Crippen LogP contribution < -0.4 is 0 Å². The summed E-state index contributed by atoms with van der Waals surface area (Å²) in [5.41, 5.74) is 1.36. The summed E-state index contributed by atoms with van der Waals surface area (Å²) in [7, 11) is 0. The molecule has 2 aliphatic rings. The topological polar surface area (TPSA) is 20.3 Å². The molecule has 2 nitrogen and oxygen atoms in total. The van der Waals surface area contributed by atoms with Gasteiger partial charge in [-0.1, -0.05) is 13.0 Å². The van der Waals surface area contributed by atoms with E-state index in [4.69, 9.17) is 0 Å². The second kappa shape index (κ2) is 3.05. The van der Waals surface area contributed by atoms with E-state index >= 15 is 0 Å². The Kier molecular flexibility index (Phi) is 2.14. The Hall–Kier alpha value is -0.440. The quantitative estimate of drug-likeness (QED) is 0.636.